The second-order valence-corrected chi connectivity index (χ2v) is 7.18. The lowest BCUT2D eigenvalue weighted by molar-refractivity contribution is 0.0955. The predicted octanol–water partition coefficient (Wildman–Crippen LogP) is 3.26. The molecule has 1 aromatic heterocycles. The predicted molar refractivity (Wildman–Crippen MR) is 107 cm³/mol. The first-order valence-corrected chi connectivity index (χ1v) is 9.81. The van der Waals surface area contributed by atoms with Gasteiger partial charge in [-0.3, -0.25) is 9.80 Å². The Morgan fingerprint density at radius 3 is 2.48 bits per heavy atom. The normalized spacial score (nSPS) is 16.8. The van der Waals surface area contributed by atoms with E-state index in [4.69, 9.17) is 9.26 Å². The molecule has 1 aliphatic rings. The standard InChI is InChI=1S/C22H25FN4O2/c1-28-16-20-24-21(29-25-20)15-26-11-13-27(14-12-26)22(17-7-3-2-4-8-17)18-9-5-6-10-19(18)23/h2-10,22H,11-16H2,1H3. The molecule has 0 radical (unpaired) electrons. The Bertz CT molecular complexity index is 910. The molecule has 0 saturated carbocycles. The molecule has 1 aliphatic heterocycles. The number of hydrogen-bond acceptors (Lipinski definition) is 6. The molecule has 0 amide bonds. The average molecular weight is 396 g/mol. The van der Waals surface area contributed by atoms with Crippen molar-refractivity contribution in [1.29, 1.82) is 0 Å². The molecular formula is C22H25FN4O2. The fraction of sp³-hybridized carbons (Fsp3) is 0.364. The first-order valence-electron chi connectivity index (χ1n) is 9.81. The van der Waals surface area contributed by atoms with Crippen molar-refractivity contribution in [1.82, 2.24) is 19.9 Å². The third kappa shape index (κ3) is 4.70. The van der Waals surface area contributed by atoms with Crippen LogP contribution in [0, 0.1) is 5.82 Å². The summed E-state index contributed by atoms with van der Waals surface area (Å²) in [5.74, 6) is 0.990. The van der Waals surface area contributed by atoms with E-state index in [0.29, 0.717) is 30.4 Å². The van der Waals surface area contributed by atoms with Crippen molar-refractivity contribution in [3.8, 4) is 0 Å². The molecule has 29 heavy (non-hydrogen) atoms. The van der Waals surface area contributed by atoms with Crippen LogP contribution in [0.2, 0.25) is 0 Å². The highest BCUT2D eigenvalue weighted by atomic mass is 19.1. The van der Waals surface area contributed by atoms with Crippen LogP contribution in [0.1, 0.15) is 28.9 Å². The minimum Gasteiger partial charge on any atom is -0.377 e. The lowest BCUT2D eigenvalue weighted by Crippen LogP contribution is -2.47. The van der Waals surface area contributed by atoms with Crippen LogP contribution in [0.3, 0.4) is 0 Å². The van der Waals surface area contributed by atoms with Crippen LogP contribution in [0.5, 0.6) is 0 Å². The van der Waals surface area contributed by atoms with Gasteiger partial charge in [0.05, 0.1) is 12.6 Å². The molecule has 1 atom stereocenters. The van der Waals surface area contributed by atoms with Gasteiger partial charge in [0.15, 0.2) is 5.82 Å². The van der Waals surface area contributed by atoms with Crippen LogP contribution < -0.4 is 0 Å². The Labute approximate surface area is 169 Å². The van der Waals surface area contributed by atoms with Gasteiger partial charge in [0.1, 0.15) is 12.4 Å². The zero-order valence-corrected chi connectivity index (χ0v) is 16.5. The van der Waals surface area contributed by atoms with Crippen molar-refractivity contribution >= 4 is 0 Å². The van der Waals surface area contributed by atoms with E-state index in [2.05, 4.69) is 32.1 Å². The molecule has 2 aromatic carbocycles. The molecule has 6 nitrogen and oxygen atoms in total. The van der Waals surface area contributed by atoms with E-state index >= 15 is 0 Å². The Kier molecular flexibility index (Phi) is 6.29. The zero-order chi connectivity index (χ0) is 20.1. The lowest BCUT2D eigenvalue weighted by atomic mass is 9.96. The van der Waals surface area contributed by atoms with Gasteiger partial charge in [-0.1, -0.05) is 53.7 Å². The van der Waals surface area contributed by atoms with Gasteiger partial charge in [0.25, 0.3) is 0 Å². The summed E-state index contributed by atoms with van der Waals surface area (Å²) in [5, 5.41) is 3.91. The first kappa shape index (κ1) is 19.7. The van der Waals surface area contributed by atoms with Gasteiger partial charge in [-0.25, -0.2) is 4.39 Å². The summed E-state index contributed by atoms with van der Waals surface area (Å²) in [6.45, 7) is 4.30. The quantitative estimate of drug-likeness (QED) is 0.611. The van der Waals surface area contributed by atoms with Crippen LogP contribution in [0.4, 0.5) is 4.39 Å². The Hall–Kier alpha value is -2.61. The highest BCUT2D eigenvalue weighted by Crippen LogP contribution is 2.31. The van der Waals surface area contributed by atoms with E-state index in [1.165, 1.54) is 6.07 Å². The fourth-order valence-corrected chi connectivity index (χ4v) is 3.83. The van der Waals surface area contributed by atoms with Gasteiger partial charge in [0.2, 0.25) is 5.89 Å². The number of hydrogen-bond donors (Lipinski definition) is 0. The summed E-state index contributed by atoms with van der Waals surface area (Å²) in [4.78, 5) is 8.97. The SMILES string of the molecule is COCc1noc(CN2CCN(C(c3ccccc3)c3ccccc3F)CC2)n1. The third-order valence-electron chi connectivity index (χ3n) is 5.23. The van der Waals surface area contributed by atoms with E-state index in [0.717, 1.165) is 31.7 Å². The number of halogens is 1. The van der Waals surface area contributed by atoms with Crippen LogP contribution in [-0.4, -0.2) is 53.2 Å². The Balaban J connectivity index is 1.46. The minimum atomic E-state index is -0.166. The minimum absolute atomic E-state index is 0.101. The summed E-state index contributed by atoms with van der Waals surface area (Å²) < 4.78 is 25.0. The van der Waals surface area contributed by atoms with Crippen LogP contribution in [-0.2, 0) is 17.9 Å². The first-order chi connectivity index (χ1) is 14.2. The van der Waals surface area contributed by atoms with E-state index in [-0.39, 0.29) is 11.9 Å². The molecule has 0 spiro atoms. The summed E-state index contributed by atoms with van der Waals surface area (Å²) in [6.07, 6.45) is 0. The summed E-state index contributed by atoms with van der Waals surface area (Å²) in [6, 6.07) is 17.1. The Morgan fingerprint density at radius 2 is 1.76 bits per heavy atom. The van der Waals surface area contributed by atoms with Crippen molar-refractivity contribution in [2.75, 3.05) is 33.3 Å². The largest absolute Gasteiger partial charge is 0.377 e. The molecule has 2 heterocycles. The topological polar surface area (TPSA) is 54.6 Å². The number of aromatic nitrogens is 2. The van der Waals surface area contributed by atoms with Crippen LogP contribution in [0.25, 0.3) is 0 Å². The average Bonchev–Trinajstić information content (AvgIpc) is 3.19. The molecule has 0 bridgehead atoms. The van der Waals surface area contributed by atoms with E-state index < -0.39 is 0 Å². The van der Waals surface area contributed by atoms with Crippen LogP contribution in [0.15, 0.2) is 59.1 Å². The van der Waals surface area contributed by atoms with Gasteiger partial charge < -0.3 is 9.26 Å². The van der Waals surface area contributed by atoms with Crippen LogP contribution >= 0.6 is 0 Å². The van der Waals surface area contributed by atoms with Crippen molar-refractivity contribution in [2.45, 2.75) is 19.2 Å². The fourth-order valence-electron chi connectivity index (χ4n) is 3.83. The van der Waals surface area contributed by atoms with Gasteiger partial charge in [-0.15, -0.1) is 0 Å². The summed E-state index contributed by atoms with van der Waals surface area (Å²) in [7, 11) is 1.61. The van der Waals surface area contributed by atoms with E-state index in [1.807, 2.05) is 30.3 Å². The number of benzene rings is 2. The molecule has 0 aliphatic carbocycles. The number of piperazine rings is 1. The van der Waals surface area contributed by atoms with Gasteiger partial charge in [-0.2, -0.15) is 4.98 Å². The van der Waals surface area contributed by atoms with Gasteiger partial charge >= 0.3 is 0 Å². The summed E-state index contributed by atoms with van der Waals surface area (Å²) >= 11 is 0. The number of rotatable bonds is 7. The van der Waals surface area contributed by atoms with E-state index in [1.54, 1.807) is 13.2 Å². The maximum atomic E-state index is 14.6. The molecule has 1 unspecified atom stereocenters. The second-order valence-electron chi connectivity index (χ2n) is 7.18. The van der Waals surface area contributed by atoms with E-state index in [9.17, 15) is 4.39 Å². The van der Waals surface area contributed by atoms with Gasteiger partial charge in [-0.05, 0) is 11.6 Å². The highest BCUT2D eigenvalue weighted by molar-refractivity contribution is 5.33. The molecular weight excluding hydrogens is 371 g/mol. The molecule has 1 fully saturated rings. The highest BCUT2D eigenvalue weighted by Gasteiger charge is 2.28. The zero-order valence-electron chi connectivity index (χ0n) is 16.5. The van der Waals surface area contributed by atoms with Crippen molar-refractivity contribution in [3.05, 3.63) is 83.3 Å². The smallest absolute Gasteiger partial charge is 0.240 e. The van der Waals surface area contributed by atoms with Crippen molar-refractivity contribution < 1.29 is 13.7 Å². The third-order valence-corrected chi connectivity index (χ3v) is 5.23. The van der Waals surface area contributed by atoms with Crippen molar-refractivity contribution in [3.63, 3.8) is 0 Å². The molecule has 4 rings (SSSR count). The molecule has 7 heteroatoms. The molecule has 152 valence electrons. The Morgan fingerprint density at radius 1 is 1.03 bits per heavy atom. The molecule has 1 saturated heterocycles. The number of ether oxygens (including phenoxy) is 1. The number of nitrogens with zero attached hydrogens (tertiary/aromatic N) is 4. The summed E-state index contributed by atoms with van der Waals surface area (Å²) in [5.41, 5.74) is 1.82. The second kappa shape index (κ2) is 9.26. The van der Waals surface area contributed by atoms with Crippen molar-refractivity contribution in [2.24, 2.45) is 0 Å². The van der Waals surface area contributed by atoms with Gasteiger partial charge in [0, 0.05) is 38.9 Å². The maximum Gasteiger partial charge on any atom is 0.240 e. The number of methoxy groups -OCH3 is 1. The monoisotopic (exact) mass is 396 g/mol. The lowest BCUT2D eigenvalue weighted by Gasteiger charge is -2.39. The maximum absolute atomic E-state index is 14.6. The molecule has 3 aromatic rings. The molecule has 0 N–H and O–H groups in total.